The predicted octanol–water partition coefficient (Wildman–Crippen LogP) is -0.697. The zero-order valence-corrected chi connectivity index (χ0v) is 8.14. The van der Waals surface area contributed by atoms with Gasteiger partial charge >= 0.3 is 0 Å². The maximum absolute atomic E-state index is 9.84. The largest absolute Gasteiger partial charge is 0.550 e. The Labute approximate surface area is 86.9 Å². The van der Waals surface area contributed by atoms with E-state index in [1.807, 2.05) is 18.2 Å². The number of carboxylic acid groups (broad SMARTS) is 2. The predicted molar refractivity (Wildman–Crippen MR) is 47.3 cm³/mol. The van der Waals surface area contributed by atoms with Crippen LogP contribution in [-0.4, -0.2) is 12.1 Å². The van der Waals surface area contributed by atoms with Gasteiger partial charge in [-0.25, -0.2) is 0 Å². The van der Waals surface area contributed by atoms with Gasteiger partial charge in [0.15, 0.2) is 0 Å². The lowest BCUT2D eigenvalue weighted by Crippen LogP contribution is -2.23. The fourth-order valence-electron chi connectivity index (χ4n) is 0.716. The van der Waals surface area contributed by atoms with Crippen molar-refractivity contribution in [2.24, 2.45) is 0 Å². The highest BCUT2D eigenvalue weighted by Gasteiger charge is 1.87. The van der Waals surface area contributed by atoms with Gasteiger partial charge in [0.1, 0.15) is 0 Å². The van der Waals surface area contributed by atoms with Crippen LogP contribution in [0.5, 0.6) is 0 Å². The maximum atomic E-state index is 9.84. The lowest BCUT2D eigenvalue weighted by atomic mass is 10.2. The number of hydrogen-bond donors (Lipinski definition) is 0. The third kappa shape index (κ3) is 9.88. The molecule has 0 bridgehead atoms. The van der Waals surface area contributed by atoms with Crippen LogP contribution in [0.3, 0.4) is 0 Å². The average Bonchev–Trinajstić information content (AvgIpc) is 2.15. The van der Waals surface area contributed by atoms with E-state index in [2.05, 4.69) is 4.74 Å². The first kappa shape index (κ1) is 13.0. The Morgan fingerprint density at radius 3 is 2.07 bits per heavy atom. The minimum absolute atomic E-state index is 0.0587. The van der Waals surface area contributed by atoms with E-state index >= 15 is 0 Å². The van der Waals surface area contributed by atoms with Crippen molar-refractivity contribution in [3.63, 3.8) is 0 Å². The molecule has 0 saturated heterocycles. The Hall–Kier alpha value is -2.04. The Bertz CT molecular complexity index is 303. The molecule has 5 nitrogen and oxygen atoms in total. The first-order valence-corrected chi connectivity index (χ1v) is 4.07. The van der Waals surface area contributed by atoms with Gasteiger partial charge in [0, 0.05) is 5.97 Å². The highest BCUT2D eigenvalue weighted by atomic mass is 16.7. The minimum atomic E-state index is -1.49. The van der Waals surface area contributed by atoms with E-state index in [1.54, 1.807) is 12.1 Å². The minimum Gasteiger partial charge on any atom is -0.550 e. The number of rotatable bonds is 2. The van der Waals surface area contributed by atoms with Gasteiger partial charge < -0.3 is 24.5 Å². The molecule has 0 saturated carbocycles. The molecule has 1 aromatic rings. The second-order valence-electron chi connectivity index (χ2n) is 2.52. The number of hydrogen-bond acceptors (Lipinski definition) is 5. The van der Waals surface area contributed by atoms with Crippen LogP contribution in [-0.2, 0) is 16.1 Å². The summed E-state index contributed by atoms with van der Waals surface area (Å²) in [6, 6.07) is 9.04. The van der Waals surface area contributed by atoms with Gasteiger partial charge in [0.25, 0.3) is 6.16 Å². The highest BCUT2D eigenvalue weighted by molar-refractivity contribution is 5.60. The molecular formula is C10H10O5-2. The van der Waals surface area contributed by atoms with Gasteiger partial charge in [0.05, 0.1) is 6.61 Å². The van der Waals surface area contributed by atoms with Gasteiger partial charge in [-0.2, -0.15) is 0 Å². The van der Waals surface area contributed by atoms with E-state index in [9.17, 15) is 9.90 Å². The molecule has 0 heterocycles. The fraction of sp³-hybridized carbons (Fsp3) is 0.200. The molecule has 0 aliphatic heterocycles. The molecule has 82 valence electrons. The molecule has 5 heteroatoms. The monoisotopic (exact) mass is 210 g/mol. The lowest BCUT2D eigenvalue weighted by Gasteiger charge is -2.06. The first-order chi connectivity index (χ1) is 7.02. The van der Waals surface area contributed by atoms with Crippen molar-refractivity contribution in [2.75, 3.05) is 0 Å². The van der Waals surface area contributed by atoms with Crippen LogP contribution in [0, 0.1) is 0 Å². The number of carbonyl (C=O) groups excluding carboxylic acids is 2. The summed E-state index contributed by atoms with van der Waals surface area (Å²) in [7, 11) is 0. The van der Waals surface area contributed by atoms with E-state index in [4.69, 9.17) is 9.90 Å². The summed E-state index contributed by atoms with van der Waals surface area (Å²) in [6.45, 7) is 1.03. The van der Waals surface area contributed by atoms with Crippen molar-refractivity contribution >= 4 is 12.1 Å². The molecule has 15 heavy (non-hydrogen) atoms. The van der Waals surface area contributed by atoms with Crippen LogP contribution in [0.4, 0.5) is 4.79 Å². The third-order valence-corrected chi connectivity index (χ3v) is 1.20. The van der Waals surface area contributed by atoms with Crippen LogP contribution < -0.4 is 10.2 Å². The number of aliphatic carboxylic acids is 1. The number of ether oxygens (including phenoxy) is 1. The number of carbonyl (C=O) groups is 2. The van der Waals surface area contributed by atoms with E-state index in [0.29, 0.717) is 0 Å². The molecule has 1 rings (SSSR count). The van der Waals surface area contributed by atoms with Gasteiger partial charge in [-0.3, -0.25) is 0 Å². The number of benzene rings is 1. The van der Waals surface area contributed by atoms with Crippen LogP contribution in [0.25, 0.3) is 0 Å². The van der Waals surface area contributed by atoms with Crippen molar-refractivity contribution in [3.05, 3.63) is 35.9 Å². The summed E-state index contributed by atoms with van der Waals surface area (Å²) in [6.07, 6.45) is -1.49. The van der Waals surface area contributed by atoms with E-state index in [0.717, 1.165) is 12.5 Å². The topological polar surface area (TPSA) is 89.5 Å². The van der Waals surface area contributed by atoms with Gasteiger partial charge in [0.2, 0.25) is 0 Å². The molecule has 0 spiro atoms. The van der Waals surface area contributed by atoms with Crippen molar-refractivity contribution < 1.29 is 24.5 Å². The average molecular weight is 210 g/mol. The smallest absolute Gasteiger partial charge is 0.252 e. The Kier molecular flexibility index (Phi) is 6.37. The normalized spacial score (nSPS) is 8.33. The van der Waals surface area contributed by atoms with E-state index in [1.165, 1.54) is 0 Å². The van der Waals surface area contributed by atoms with Crippen molar-refractivity contribution in [1.29, 1.82) is 0 Å². The molecule has 0 radical (unpaired) electrons. The van der Waals surface area contributed by atoms with Gasteiger partial charge in [-0.1, -0.05) is 30.3 Å². The molecular weight excluding hydrogens is 200 g/mol. The van der Waals surface area contributed by atoms with Crippen LogP contribution >= 0.6 is 0 Å². The van der Waals surface area contributed by atoms with E-state index in [-0.39, 0.29) is 6.61 Å². The first-order valence-electron chi connectivity index (χ1n) is 4.07. The molecule has 1 aromatic carbocycles. The molecule has 0 N–H and O–H groups in total. The van der Waals surface area contributed by atoms with Crippen molar-refractivity contribution in [3.8, 4) is 0 Å². The van der Waals surface area contributed by atoms with Crippen molar-refractivity contribution in [1.82, 2.24) is 0 Å². The maximum Gasteiger partial charge on any atom is 0.252 e. The highest BCUT2D eigenvalue weighted by Crippen LogP contribution is 1.99. The second kappa shape index (κ2) is 7.37. The number of carboxylic acids is 1. The summed E-state index contributed by atoms with van der Waals surface area (Å²) < 4.78 is 4.23. The molecule has 0 aliphatic rings. The van der Waals surface area contributed by atoms with Crippen LogP contribution in [0.15, 0.2) is 30.3 Å². The Morgan fingerprint density at radius 1 is 1.20 bits per heavy atom. The molecule has 0 amide bonds. The molecule has 0 aliphatic carbocycles. The standard InChI is InChI=1S/C8H8O3.C2H4O2/c9-8(10)11-6-7-4-2-1-3-5-7;1-2(3)4/h1-5H,6H2,(H,9,10);1H3,(H,3,4)/p-2. The second-order valence-corrected chi connectivity index (χ2v) is 2.52. The van der Waals surface area contributed by atoms with Gasteiger partial charge in [-0.05, 0) is 12.5 Å². The Balaban J connectivity index is 0.000000423. The third-order valence-electron chi connectivity index (χ3n) is 1.20. The van der Waals surface area contributed by atoms with Gasteiger partial charge in [-0.15, -0.1) is 0 Å². The summed E-state index contributed by atoms with van der Waals surface area (Å²) in [4.78, 5) is 18.7. The lowest BCUT2D eigenvalue weighted by molar-refractivity contribution is -0.302. The molecule has 0 fully saturated rings. The molecule has 0 aromatic heterocycles. The SMILES string of the molecule is CC(=O)[O-].O=C([O-])OCc1ccccc1. The van der Waals surface area contributed by atoms with E-state index < -0.39 is 12.1 Å². The van der Waals surface area contributed by atoms with Crippen LogP contribution in [0.2, 0.25) is 0 Å². The fourth-order valence-corrected chi connectivity index (χ4v) is 0.716. The zero-order chi connectivity index (χ0) is 11.7. The Morgan fingerprint density at radius 2 is 1.67 bits per heavy atom. The molecule has 0 unspecified atom stereocenters. The zero-order valence-electron chi connectivity index (χ0n) is 8.14. The molecule has 0 atom stereocenters. The summed E-state index contributed by atoms with van der Waals surface area (Å²) in [5.74, 6) is -1.08. The summed E-state index contributed by atoms with van der Waals surface area (Å²) in [5, 5.41) is 18.7. The summed E-state index contributed by atoms with van der Waals surface area (Å²) >= 11 is 0. The van der Waals surface area contributed by atoms with Crippen LogP contribution in [0.1, 0.15) is 12.5 Å². The quantitative estimate of drug-likeness (QED) is 0.602. The van der Waals surface area contributed by atoms with Crippen molar-refractivity contribution in [2.45, 2.75) is 13.5 Å². The summed E-state index contributed by atoms with van der Waals surface area (Å²) in [5.41, 5.74) is 0.816.